The number of hydrogen-bond acceptors (Lipinski definition) is 4. The summed E-state index contributed by atoms with van der Waals surface area (Å²) < 4.78 is 15.7. The Balaban J connectivity index is 3.09. The van der Waals surface area contributed by atoms with Crippen molar-refractivity contribution in [3.8, 4) is 0 Å². The van der Waals surface area contributed by atoms with Crippen LogP contribution in [0.4, 0.5) is 0 Å². The third-order valence-electron chi connectivity index (χ3n) is 2.22. The highest BCUT2D eigenvalue weighted by Gasteiger charge is 1.99. The zero-order chi connectivity index (χ0) is 13.6. The first-order valence-electron chi connectivity index (χ1n) is 6.66. The van der Waals surface area contributed by atoms with Gasteiger partial charge in [0.2, 0.25) is 5.91 Å². The number of hydrogen-bond donors (Lipinski definition) is 1. The van der Waals surface area contributed by atoms with Gasteiger partial charge in [-0.25, -0.2) is 0 Å². The number of nitrogens with one attached hydrogen (secondary N) is 1. The molecule has 0 saturated carbocycles. The van der Waals surface area contributed by atoms with Gasteiger partial charge in [0, 0.05) is 19.8 Å². The molecule has 5 heteroatoms. The van der Waals surface area contributed by atoms with E-state index in [9.17, 15) is 4.79 Å². The highest BCUT2D eigenvalue weighted by molar-refractivity contribution is 5.77. The number of rotatable bonds is 12. The minimum absolute atomic E-state index is 0.103. The molecule has 18 heavy (non-hydrogen) atoms. The molecule has 0 aromatic carbocycles. The molecule has 108 valence electrons. The van der Waals surface area contributed by atoms with Crippen molar-refractivity contribution in [2.24, 2.45) is 5.92 Å². The van der Waals surface area contributed by atoms with Gasteiger partial charge < -0.3 is 19.5 Å². The van der Waals surface area contributed by atoms with Gasteiger partial charge in [-0.1, -0.05) is 13.8 Å². The highest BCUT2D eigenvalue weighted by Crippen LogP contribution is 1.98. The van der Waals surface area contributed by atoms with E-state index in [-0.39, 0.29) is 12.5 Å². The van der Waals surface area contributed by atoms with Crippen molar-refractivity contribution in [1.82, 2.24) is 5.32 Å². The molecular formula is C13H27NO4. The average Bonchev–Trinajstić information content (AvgIpc) is 2.34. The van der Waals surface area contributed by atoms with Crippen molar-refractivity contribution in [1.29, 1.82) is 0 Å². The summed E-state index contributed by atoms with van der Waals surface area (Å²) in [7, 11) is 0. The van der Waals surface area contributed by atoms with Crippen molar-refractivity contribution in [3.63, 3.8) is 0 Å². The Labute approximate surface area is 110 Å². The number of carbonyl (C=O) groups excluding carboxylic acids is 1. The van der Waals surface area contributed by atoms with Gasteiger partial charge in [0.25, 0.3) is 0 Å². The maximum Gasteiger partial charge on any atom is 0.246 e. The molecule has 0 heterocycles. The van der Waals surface area contributed by atoms with Crippen molar-refractivity contribution in [3.05, 3.63) is 0 Å². The maximum absolute atomic E-state index is 11.1. The molecule has 0 aliphatic heterocycles. The number of amides is 1. The minimum atomic E-state index is -0.103. The van der Waals surface area contributed by atoms with Crippen LogP contribution in [0.1, 0.15) is 27.2 Å². The van der Waals surface area contributed by atoms with Gasteiger partial charge in [-0.3, -0.25) is 4.79 Å². The second-order valence-electron chi connectivity index (χ2n) is 4.39. The Morgan fingerprint density at radius 3 is 2.33 bits per heavy atom. The van der Waals surface area contributed by atoms with Crippen LogP contribution < -0.4 is 5.32 Å². The Hall–Kier alpha value is -0.650. The van der Waals surface area contributed by atoms with Crippen molar-refractivity contribution in [2.75, 3.05) is 46.2 Å². The molecule has 0 spiro atoms. The van der Waals surface area contributed by atoms with Crippen LogP contribution in [0.5, 0.6) is 0 Å². The molecule has 0 bridgehead atoms. The monoisotopic (exact) mass is 261 g/mol. The lowest BCUT2D eigenvalue weighted by Crippen LogP contribution is -2.30. The van der Waals surface area contributed by atoms with Gasteiger partial charge in [-0.15, -0.1) is 0 Å². The minimum Gasteiger partial charge on any atom is -0.379 e. The summed E-state index contributed by atoms with van der Waals surface area (Å²) in [4.78, 5) is 11.1. The van der Waals surface area contributed by atoms with E-state index in [0.29, 0.717) is 38.9 Å². The molecule has 0 rings (SSSR count). The van der Waals surface area contributed by atoms with Gasteiger partial charge in [0.15, 0.2) is 0 Å². The SMILES string of the molecule is CCOCC(=O)NCCOCCOCCC(C)C. The molecule has 5 nitrogen and oxygen atoms in total. The zero-order valence-corrected chi connectivity index (χ0v) is 11.9. The van der Waals surface area contributed by atoms with Crippen LogP contribution in [0.3, 0.4) is 0 Å². The number of ether oxygens (including phenoxy) is 3. The normalized spacial score (nSPS) is 10.9. The molecule has 0 saturated heterocycles. The maximum atomic E-state index is 11.1. The smallest absolute Gasteiger partial charge is 0.246 e. The first-order valence-corrected chi connectivity index (χ1v) is 6.66. The largest absolute Gasteiger partial charge is 0.379 e. The summed E-state index contributed by atoms with van der Waals surface area (Å²) in [5, 5.41) is 2.70. The first kappa shape index (κ1) is 17.4. The van der Waals surface area contributed by atoms with Crippen LogP contribution in [0, 0.1) is 5.92 Å². The van der Waals surface area contributed by atoms with Gasteiger partial charge in [0.05, 0.1) is 19.8 Å². The van der Waals surface area contributed by atoms with Crippen LogP contribution in [0.25, 0.3) is 0 Å². The standard InChI is InChI=1S/C13H27NO4/c1-4-16-11-13(15)14-6-8-18-10-9-17-7-5-12(2)3/h12H,4-11H2,1-3H3,(H,14,15). The Morgan fingerprint density at radius 2 is 1.72 bits per heavy atom. The summed E-state index contributed by atoms with van der Waals surface area (Å²) in [6.07, 6.45) is 1.08. The van der Waals surface area contributed by atoms with E-state index >= 15 is 0 Å². The second-order valence-corrected chi connectivity index (χ2v) is 4.39. The fourth-order valence-corrected chi connectivity index (χ4v) is 1.15. The van der Waals surface area contributed by atoms with Crippen molar-refractivity contribution in [2.45, 2.75) is 27.2 Å². The summed E-state index contributed by atoms with van der Waals surface area (Å²) >= 11 is 0. The fraction of sp³-hybridized carbons (Fsp3) is 0.923. The van der Waals surface area contributed by atoms with Gasteiger partial charge in [0.1, 0.15) is 6.61 Å². The predicted molar refractivity (Wildman–Crippen MR) is 70.6 cm³/mol. The van der Waals surface area contributed by atoms with Crippen LogP contribution in [0.15, 0.2) is 0 Å². The molecule has 0 aliphatic carbocycles. The van der Waals surface area contributed by atoms with Crippen LogP contribution >= 0.6 is 0 Å². The summed E-state index contributed by atoms with van der Waals surface area (Å²) in [5.41, 5.74) is 0. The van der Waals surface area contributed by atoms with Crippen LogP contribution in [0.2, 0.25) is 0 Å². The summed E-state index contributed by atoms with van der Waals surface area (Å²) in [6.45, 7) is 9.85. The lowest BCUT2D eigenvalue weighted by molar-refractivity contribution is -0.125. The van der Waals surface area contributed by atoms with E-state index in [0.717, 1.165) is 13.0 Å². The summed E-state index contributed by atoms with van der Waals surface area (Å²) in [5.74, 6) is 0.570. The van der Waals surface area contributed by atoms with E-state index in [1.165, 1.54) is 0 Å². The van der Waals surface area contributed by atoms with Gasteiger partial charge in [-0.05, 0) is 19.3 Å². The Morgan fingerprint density at radius 1 is 1.06 bits per heavy atom. The van der Waals surface area contributed by atoms with E-state index in [1.54, 1.807) is 0 Å². The molecule has 0 aromatic heterocycles. The van der Waals surface area contributed by atoms with E-state index in [1.807, 2.05) is 6.92 Å². The second kappa shape index (κ2) is 12.8. The fourth-order valence-electron chi connectivity index (χ4n) is 1.15. The molecule has 0 aromatic rings. The first-order chi connectivity index (χ1) is 8.66. The zero-order valence-electron chi connectivity index (χ0n) is 11.9. The van der Waals surface area contributed by atoms with Crippen LogP contribution in [-0.2, 0) is 19.0 Å². The molecule has 0 fully saturated rings. The third-order valence-corrected chi connectivity index (χ3v) is 2.22. The Kier molecular flexibility index (Phi) is 12.3. The summed E-state index contributed by atoms with van der Waals surface area (Å²) in [6, 6.07) is 0. The quantitative estimate of drug-likeness (QED) is 0.537. The van der Waals surface area contributed by atoms with Crippen molar-refractivity contribution >= 4 is 5.91 Å². The molecule has 1 N–H and O–H groups in total. The molecule has 0 aliphatic rings. The Bertz CT molecular complexity index is 197. The molecule has 0 radical (unpaired) electrons. The van der Waals surface area contributed by atoms with Crippen molar-refractivity contribution < 1.29 is 19.0 Å². The molecule has 0 unspecified atom stereocenters. The van der Waals surface area contributed by atoms with E-state index < -0.39 is 0 Å². The highest BCUT2D eigenvalue weighted by atomic mass is 16.5. The predicted octanol–water partition coefficient (Wildman–Crippen LogP) is 1.22. The van der Waals surface area contributed by atoms with E-state index in [4.69, 9.17) is 14.2 Å². The van der Waals surface area contributed by atoms with Gasteiger partial charge >= 0.3 is 0 Å². The van der Waals surface area contributed by atoms with Gasteiger partial charge in [-0.2, -0.15) is 0 Å². The average molecular weight is 261 g/mol. The molecule has 0 atom stereocenters. The lowest BCUT2D eigenvalue weighted by atomic mass is 10.1. The van der Waals surface area contributed by atoms with E-state index in [2.05, 4.69) is 19.2 Å². The lowest BCUT2D eigenvalue weighted by Gasteiger charge is -2.08. The third kappa shape index (κ3) is 13.4. The molecule has 1 amide bonds. The number of carbonyl (C=O) groups is 1. The molecular weight excluding hydrogens is 234 g/mol. The topological polar surface area (TPSA) is 56.8 Å². The van der Waals surface area contributed by atoms with Crippen LogP contribution in [-0.4, -0.2) is 52.1 Å².